The van der Waals surface area contributed by atoms with Crippen LogP contribution in [0, 0.1) is 0 Å². The second-order valence-electron chi connectivity index (χ2n) is 11.6. The number of rotatable bonds is 5. The maximum atomic E-state index is 14.3. The molecule has 0 aliphatic rings. The Balaban J connectivity index is 1.21. The monoisotopic (exact) mass is 618 g/mol. The molecule has 48 heavy (non-hydrogen) atoms. The molecule has 3 heterocycles. The smallest absolute Gasteiger partial charge is 0.262 e. The Morgan fingerprint density at radius 2 is 0.958 bits per heavy atom. The highest BCUT2D eigenvalue weighted by Crippen LogP contribution is 2.31. The zero-order valence-corrected chi connectivity index (χ0v) is 25.6. The van der Waals surface area contributed by atoms with Crippen LogP contribution in [0.5, 0.6) is 0 Å². The van der Waals surface area contributed by atoms with Crippen molar-refractivity contribution in [1.82, 2.24) is 28.9 Å². The van der Waals surface area contributed by atoms with Gasteiger partial charge in [-0.15, -0.1) is 0 Å². The lowest BCUT2D eigenvalue weighted by Gasteiger charge is -2.12. The number of hydrogen-bond acceptors (Lipinski definition) is 5. The van der Waals surface area contributed by atoms with E-state index in [1.54, 1.807) is 8.97 Å². The highest BCUT2D eigenvalue weighted by Gasteiger charge is 2.18. The molecule has 3 aromatic heterocycles. The summed E-state index contributed by atoms with van der Waals surface area (Å²) in [5, 5.41) is 0.902. The minimum atomic E-state index is -0.171. The molecule has 7 nitrogen and oxygen atoms in total. The molecule has 0 saturated heterocycles. The molecule has 0 aliphatic heterocycles. The summed E-state index contributed by atoms with van der Waals surface area (Å²) < 4.78 is 3.48. The molecule has 0 atom stereocenters. The van der Waals surface area contributed by atoms with Gasteiger partial charge in [-0.05, 0) is 53.6 Å². The molecule has 0 bridgehead atoms. The molecule has 226 valence electrons. The second kappa shape index (κ2) is 11.3. The third-order valence-corrected chi connectivity index (χ3v) is 8.59. The lowest BCUT2D eigenvalue weighted by molar-refractivity contribution is 0.932. The zero-order valence-electron chi connectivity index (χ0n) is 25.6. The summed E-state index contributed by atoms with van der Waals surface area (Å²) in [6, 6.07) is 51.8. The van der Waals surface area contributed by atoms with Crippen molar-refractivity contribution in [1.29, 1.82) is 0 Å². The van der Waals surface area contributed by atoms with Crippen molar-refractivity contribution in [2.45, 2.75) is 0 Å². The van der Waals surface area contributed by atoms with Gasteiger partial charge in [-0.3, -0.25) is 4.57 Å². The molecule has 7 heteroatoms. The molecule has 6 aromatic carbocycles. The molecule has 0 saturated carbocycles. The number of benzene rings is 6. The van der Waals surface area contributed by atoms with Crippen LogP contribution in [-0.4, -0.2) is 28.9 Å². The number of hydrogen-bond donors (Lipinski definition) is 0. The van der Waals surface area contributed by atoms with Gasteiger partial charge in [0.05, 0.1) is 22.2 Å². The van der Waals surface area contributed by atoms with E-state index in [2.05, 4.69) is 12.1 Å². The molecule has 0 aliphatic carbocycles. The van der Waals surface area contributed by atoms with Gasteiger partial charge in [-0.25, -0.2) is 29.1 Å². The van der Waals surface area contributed by atoms with Crippen molar-refractivity contribution < 1.29 is 0 Å². The fourth-order valence-electron chi connectivity index (χ4n) is 6.29. The molecule has 0 fully saturated rings. The first-order chi connectivity index (χ1) is 23.7. The number of fused-ring (bicyclic) bond motifs is 5. The molecule has 0 N–H and O–H groups in total. The van der Waals surface area contributed by atoms with E-state index in [1.807, 2.05) is 146 Å². The average molecular weight is 619 g/mol. The van der Waals surface area contributed by atoms with Crippen molar-refractivity contribution in [3.05, 3.63) is 168 Å². The Labute approximate surface area is 275 Å². The van der Waals surface area contributed by atoms with E-state index in [0.717, 1.165) is 55.4 Å². The van der Waals surface area contributed by atoms with Crippen LogP contribution in [0.2, 0.25) is 0 Å². The van der Waals surface area contributed by atoms with Crippen molar-refractivity contribution in [3.8, 4) is 51.0 Å². The summed E-state index contributed by atoms with van der Waals surface area (Å²) in [4.78, 5) is 33.9. The maximum absolute atomic E-state index is 14.3. The van der Waals surface area contributed by atoms with Crippen molar-refractivity contribution in [2.24, 2.45) is 0 Å². The summed E-state index contributed by atoms with van der Waals surface area (Å²) in [5.41, 5.74) is 8.18. The Bertz CT molecular complexity index is 2630. The predicted molar refractivity (Wildman–Crippen MR) is 191 cm³/mol. The first kappa shape index (κ1) is 27.6. The highest BCUT2D eigenvalue weighted by molar-refractivity contribution is 5.98. The summed E-state index contributed by atoms with van der Waals surface area (Å²) in [7, 11) is 0. The van der Waals surface area contributed by atoms with Crippen LogP contribution in [0.1, 0.15) is 0 Å². The number of nitrogens with zero attached hydrogens (tertiary/aromatic N) is 6. The topological polar surface area (TPSA) is 78.0 Å². The van der Waals surface area contributed by atoms with Crippen LogP contribution in [0.4, 0.5) is 0 Å². The van der Waals surface area contributed by atoms with E-state index in [-0.39, 0.29) is 5.69 Å². The minimum absolute atomic E-state index is 0.171. The third kappa shape index (κ3) is 4.65. The lowest BCUT2D eigenvalue weighted by atomic mass is 10.0. The molecule has 0 spiro atoms. The summed E-state index contributed by atoms with van der Waals surface area (Å²) in [6.45, 7) is 0. The van der Waals surface area contributed by atoms with E-state index < -0.39 is 0 Å². The Morgan fingerprint density at radius 1 is 0.417 bits per heavy atom. The van der Waals surface area contributed by atoms with Gasteiger partial charge < -0.3 is 0 Å². The Kier molecular flexibility index (Phi) is 6.47. The van der Waals surface area contributed by atoms with Gasteiger partial charge in [-0.1, -0.05) is 115 Å². The Hall–Kier alpha value is -6.73. The summed E-state index contributed by atoms with van der Waals surface area (Å²) in [5.74, 6) is 1.80. The number of imidazole rings is 1. The van der Waals surface area contributed by atoms with Crippen LogP contribution in [0.25, 0.3) is 78.6 Å². The third-order valence-electron chi connectivity index (χ3n) is 8.59. The average Bonchev–Trinajstić information content (AvgIpc) is 3.56. The molecule has 9 rings (SSSR count). The van der Waals surface area contributed by atoms with Crippen LogP contribution in [0.15, 0.2) is 163 Å². The molecule has 0 amide bonds. The lowest BCUT2D eigenvalue weighted by Crippen LogP contribution is -2.25. The normalized spacial score (nSPS) is 11.4. The molecule has 0 radical (unpaired) electrons. The van der Waals surface area contributed by atoms with Crippen molar-refractivity contribution >= 4 is 27.6 Å². The Morgan fingerprint density at radius 3 is 1.65 bits per heavy atom. The van der Waals surface area contributed by atoms with Crippen LogP contribution in [-0.2, 0) is 0 Å². The van der Waals surface area contributed by atoms with Crippen LogP contribution < -0.4 is 5.69 Å². The van der Waals surface area contributed by atoms with E-state index in [9.17, 15) is 4.79 Å². The van der Waals surface area contributed by atoms with Gasteiger partial charge in [0.2, 0.25) is 0 Å². The van der Waals surface area contributed by atoms with E-state index in [4.69, 9.17) is 19.9 Å². The number of aromatic nitrogens is 6. The zero-order chi connectivity index (χ0) is 32.0. The van der Waals surface area contributed by atoms with Crippen molar-refractivity contribution in [3.63, 3.8) is 0 Å². The fraction of sp³-hybridized carbons (Fsp3) is 0. The van der Waals surface area contributed by atoms with Gasteiger partial charge in [0.25, 0.3) is 0 Å². The molecule has 9 aromatic rings. The quantitative estimate of drug-likeness (QED) is 0.193. The first-order valence-corrected chi connectivity index (χ1v) is 15.7. The summed E-state index contributed by atoms with van der Waals surface area (Å²) in [6.07, 6.45) is 0. The number of para-hydroxylation sites is 2. The fourth-order valence-corrected chi connectivity index (χ4v) is 6.29. The van der Waals surface area contributed by atoms with Gasteiger partial charge in [0, 0.05) is 22.1 Å². The minimum Gasteiger partial charge on any atom is -0.262 e. The van der Waals surface area contributed by atoms with E-state index in [0.29, 0.717) is 23.1 Å². The molecule has 0 unspecified atom stereocenters. The first-order valence-electron chi connectivity index (χ1n) is 15.7. The highest BCUT2D eigenvalue weighted by atomic mass is 16.1. The second-order valence-corrected chi connectivity index (χ2v) is 11.6. The van der Waals surface area contributed by atoms with Gasteiger partial charge in [0.15, 0.2) is 23.1 Å². The van der Waals surface area contributed by atoms with Crippen LogP contribution >= 0.6 is 0 Å². The maximum Gasteiger partial charge on any atom is 0.339 e. The largest absolute Gasteiger partial charge is 0.339 e. The van der Waals surface area contributed by atoms with Crippen molar-refractivity contribution in [2.75, 3.05) is 0 Å². The predicted octanol–water partition coefficient (Wildman–Crippen LogP) is 8.64. The van der Waals surface area contributed by atoms with Crippen LogP contribution in [0.3, 0.4) is 0 Å². The molecular weight excluding hydrogens is 592 g/mol. The van der Waals surface area contributed by atoms with E-state index >= 15 is 0 Å². The summed E-state index contributed by atoms with van der Waals surface area (Å²) >= 11 is 0. The van der Waals surface area contributed by atoms with Gasteiger partial charge in [0.1, 0.15) is 0 Å². The van der Waals surface area contributed by atoms with E-state index in [1.165, 1.54) is 0 Å². The molecular formula is C41H26N6O. The SMILES string of the molecule is O=c1n(-c2ccccc2)c2ccccc2c2nc3ccc(-c4cccc(-c5nc(-c6ccccc6)nc(-c6ccccc6)n5)c4)cc3n12. The standard InChI is InChI=1S/C41H26N6O/c48-41-46(32-19-8-3-9-20-32)35-22-11-10-21-33(35)40-42-34-24-23-30(26-36(34)47(40)41)29-17-12-18-31(25-29)39-44-37(27-13-4-1-5-14-27)43-38(45-39)28-15-6-2-7-16-28/h1-26H. The van der Waals surface area contributed by atoms with Gasteiger partial charge >= 0.3 is 5.69 Å². The van der Waals surface area contributed by atoms with Gasteiger partial charge in [-0.2, -0.15) is 0 Å².